The number of aromatic nitrogens is 1. The highest BCUT2D eigenvalue weighted by Gasteiger charge is 2.25. The van der Waals surface area contributed by atoms with E-state index in [2.05, 4.69) is 15.3 Å². The molecule has 2 heterocycles. The number of halogens is 3. The summed E-state index contributed by atoms with van der Waals surface area (Å²) in [6.07, 6.45) is -1.03. The zero-order valence-electron chi connectivity index (χ0n) is 14.2. The fraction of sp³-hybridized carbons (Fsp3) is 0.278. The first kappa shape index (κ1) is 18.7. The van der Waals surface area contributed by atoms with Crippen LogP contribution in [0.3, 0.4) is 0 Å². The third-order valence-electron chi connectivity index (χ3n) is 4.08. The molecule has 6 nitrogen and oxygen atoms in total. The second-order valence-electron chi connectivity index (χ2n) is 6.08. The number of benzene rings is 1. The predicted octanol–water partition coefficient (Wildman–Crippen LogP) is 2.64. The summed E-state index contributed by atoms with van der Waals surface area (Å²) in [5.74, 6) is 0.458. The molecule has 0 radical (unpaired) electrons. The molecule has 9 heteroatoms. The molecule has 1 fully saturated rings. The fourth-order valence-electron chi connectivity index (χ4n) is 2.78. The number of rotatable bonds is 5. The molecule has 0 unspecified atom stereocenters. The summed E-state index contributed by atoms with van der Waals surface area (Å²) < 4.78 is 43.0. The second kappa shape index (κ2) is 7.65. The van der Waals surface area contributed by atoms with E-state index in [1.807, 2.05) is 0 Å². The molecule has 27 heavy (non-hydrogen) atoms. The molecule has 1 atom stereocenters. The Morgan fingerprint density at radius 2 is 2.26 bits per heavy atom. The number of nitrogens with two attached hydrogens (primary N) is 1. The number of fused-ring (bicyclic) bond motifs is 1. The molecule has 3 rings (SSSR count). The lowest BCUT2D eigenvalue weighted by molar-refractivity contribution is -0.120. The van der Waals surface area contributed by atoms with Gasteiger partial charge in [0.25, 0.3) is 0 Å². The molecule has 142 valence electrons. The van der Waals surface area contributed by atoms with Crippen LogP contribution in [0.15, 0.2) is 41.7 Å². The third-order valence-corrected chi connectivity index (χ3v) is 4.08. The number of carbonyl (C=O) groups excluding carboxylic acids is 1. The van der Waals surface area contributed by atoms with Crippen molar-refractivity contribution in [1.29, 1.82) is 0 Å². The van der Waals surface area contributed by atoms with Crippen molar-refractivity contribution in [2.24, 2.45) is 16.6 Å². The molecule has 3 N–H and O–H groups in total. The maximum atomic E-state index is 12.4. The third kappa shape index (κ3) is 4.75. The molecule has 0 bridgehead atoms. The molecule has 1 aromatic heterocycles. The highest BCUT2D eigenvalue weighted by molar-refractivity contribution is 6.11. The zero-order chi connectivity index (χ0) is 19.4. The first-order valence-corrected chi connectivity index (χ1v) is 8.18. The van der Waals surface area contributed by atoms with E-state index in [4.69, 9.17) is 10.5 Å². The van der Waals surface area contributed by atoms with Crippen molar-refractivity contribution in [2.75, 3.05) is 13.2 Å². The Morgan fingerprint density at radius 1 is 1.44 bits per heavy atom. The molecule has 1 amide bonds. The maximum absolute atomic E-state index is 12.4. The van der Waals surface area contributed by atoms with Crippen LogP contribution in [0.1, 0.15) is 12.0 Å². The summed E-state index contributed by atoms with van der Waals surface area (Å²) in [5.41, 5.74) is 6.52. The number of nitrogens with zero attached hydrogens (tertiary/aromatic N) is 2. The second-order valence-corrected chi connectivity index (χ2v) is 6.08. The van der Waals surface area contributed by atoms with Crippen LogP contribution in [0.2, 0.25) is 0 Å². The molecule has 1 saturated heterocycles. The molecule has 1 aromatic carbocycles. The van der Waals surface area contributed by atoms with Gasteiger partial charge in [0.15, 0.2) is 0 Å². The summed E-state index contributed by atoms with van der Waals surface area (Å²) >= 11 is 0. The minimum Gasteiger partial charge on any atom is -0.492 e. The van der Waals surface area contributed by atoms with Crippen LogP contribution in [-0.4, -0.2) is 36.6 Å². The largest absolute Gasteiger partial charge is 0.503 e. The van der Waals surface area contributed by atoms with Crippen LogP contribution in [0, 0.1) is 5.92 Å². The molecule has 1 aliphatic heterocycles. The minimum absolute atomic E-state index is 0.0272. The number of alkyl halides is 3. The molecule has 0 saturated carbocycles. The van der Waals surface area contributed by atoms with Crippen molar-refractivity contribution < 1.29 is 22.7 Å². The van der Waals surface area contributed by atoms with Crippen LogP contribution in [0.5, 0.6) is 5.75 Å². The first-order valence-electron chi connectivity index (χ1n) is 8.18. The Bertz CT molecular complexity index is 909. The highest BCUT2D eigenvalue weighted by Crippen LogP contribution is 2.30. The number of ether oxygens (including phenoxy) is 1. The predicted molar refractivity (Wildman–Crippen MR) is 95.1 cm³/mol. The number of pyridine rings is 1. The average Bonchev–Trinajstić information content (AvgIpc) is 3.04. The van der Waals surface area contributed by atoms with E-state index in [0.29, 0.717) is 48.0 Å². The summed E-state index contributed by atoms with van der Waals surface area (Å²) in [6, 6.07) is 6.74. The SMILES string of the molecule is NC=C(C=NC(F)(F)F)c1cc(OC[C@H]2CNC(=O)C2)c2cccnc2c1. The Morgan fingerprint density at radius 3 is 2.93 bits per heavy atom. The van der Waals surface area contributed by atoms with Gasteiger partial charge in [-0.05, 0) is 29.8 Å². The quantitative estimate of drug-likeness (QED) is 0.618. The number of carbonyl (C=O) groups is 1. The topological polar surface area (TPSA) is 89.6 Å². The van der Waals surface area contributed by atoms with Crippen LogP contribution in [0.4, 0.5) is 13.2 Å². The summed E-state index contributed by atoms with van der Waals surface area (Å²) in [5, 5.41) is 3.44. The summed E-state index contributed by atoms with van der Waals surface area (Å²) in [6.45, 7) is 0.825. The van der Waals surface area contributed by atoms with Crippen molar-refractivity contribution >= 4 is 28.6 Å². The van der Waals surface area contributed by atoms with E-state index in [-0.39, 0.29) is 17.4 Å². The van der Waals surface area contributed by atoms with Crippen molar-refractivity contribution in [2.45, 2.75) is 12.7 Å². The van der Waals surface area contributed by atoms with Crippen LogP contribution in [-0.2, 0) is 4.79 Å². The van der Waals surface area contributed by atoms with Gasteiger partial charge >= 0.3 is 6.30 Å². The van der Waals surface area contributed by atoms with E-state index in [9.17, 15) is 18.0 Å². The number of allylic oxidation sites excluding steroid dienone is 1. The maximum Gasteiger partial charge on any atom is 0.503 e. The van der Waals surface area contributed by atoms with Gasteiger partial charge in [0.2, 0.25) is 5.91 Å². The van der Waals surface area contributed by atoms with E-state index in [1.54, 1.807) is 30.5 Å². The Hall–Kier alpha value is -3.10. The minimum atomic E-state index is -4.69. The van der Waals surface area contributed by atoms with Gasteiger partial charge in [0.1, 0.15) is 5.75 Å². The van der Waals surface area contributed by atoms with E-state index in [0.717, 1.165) is 6.20 Å². The molecule has 0 aliphatic carbocycles. The highest BCUT2D eigenvalue weighted by atomic mass is 19.4. The lowest BCUT2D eigenvalue weighted by Crippen LogP contribution is -2.16. The zero-order valence-corrected chi connectivity index (χ0v) is 14.2. The number of aliphatic imine (C=N–C) groups is 1. The van der Waals surface area contributed by atoms with Gasteiger partial charge < -0.3 is 15.8 Å². The summed E-state index contributed by atoms with van der Waals surface area (Å²) in [4.78, 5) is 18.1. The molecule has 1 aliphatic rings. The van der Waals surface area contributed by atoms with Crippen molar-refractivity contribution in [3.8, 4) is 5.75 Å². The number of amides is 1. The standard InChI is InChI=1S/C18H17F3N4O2/c19-18(20,21)25-9-13(7-22)12-5-15-14(2-1-3-23-15)16(6-12)27-10-11-4-17(26)24-8-11/h1-3,5-7,9,11H,4,8,10,22H2,(H,24,26)/t11-/m1/s1. The Labute approximate surface area is 152 Å². The molecular weight excluding hydrogens is 361 g/mol. The fourth-order valence-corrected chi connectivity index (χ4v) is 2.78. The molecule has 2 aromatic rings. The van der Waals surface area contributed by atoms with Crippen LogP contribution < -0.4 is 15.8 Å². The Kier molecular flexibility index (Phi) is 5.29. The van der Waals surface area contributed by atoms with Crippen LogP contribution >= 0.6 is 0 Å². The first-order chi connectivity index (χ1) is 12.9. The van der Waals surface area contributed by atoms with E-state index < -0.39 is 6.30 Å². The van der Waals surface area contributed by atoms with Crippen molar-refractivity contribution in [1.82, 2.24) is 10.3 Å². The van der Waals surface area contributed by atoms with Gasteiger partial charge in [0.05, 0.1) is 12.1 Å². The number of hydrogen-bond donors (Lipinski definition) is 2. The van der Waals surface area contributed by atoms with Gasteiger partial charge in [-0.2, -0.15) is 4.99 Å². The lowest BCUT2D eigenvalue weighted by atomic mass is 10.0. The van der Waals surface area contributed by atoms with Gasteiger partial charge in [-0.3, -0.25) is 9.78 Å². The monoisotopic (exact) mass is 378 g/mol. The molecule has 0 spiro atoms. The van der Waals surface area contributed by atoms with Gasteiger partial charge in [-0.1, -0.05) is 0 Å². The van der Waals surface area contributed by atoms with E-state index in [1.165, 1.54) is 0 Å². The smallest absolute Gasteiger partial charge is 0.492 e. The lowest BCUT2D eigenvalue weighted by Gasteiger charge is -2.14. The Balaban J connectivity index is 1.92. The van der Waals surface area contributed by atoms with Gasteiger partial charge in [0, 0.05) is 48.5 Å². The normalized spacial score (nSPS) is 18.3. The van der Waals surface area contributed by atoms with Crippen molar-refractivity contribution in [3.05, 3.63) is 42.2 Å². The number of nitrogens with one attached hydrogen (secondary N) is 1. The van der Waals surface area contributed by atoms with Crippen LogP contribution in [0.25, 0.3) is 16.5 Å². The van der Waals surface area contributed by atoms with Gasteiger partial charge in [-0.25, -0.2) is 0 Å². The van der Waals surface area contributed by atoms with Gasteiger partial charge in [-0.15, -0.1) is 13.2 Å². The summed E-state index contributed by atoms with van der Waals surface area (Å²) in [7, 11) is 0. The van der Waals surface area contributed by atoms with E-state index >= 15 is 0 Å². The molecular formula is C18H17F3N4O2. The number of hydrogen-bond acceptors (Lipinski definition) is 5. The average molecular weight is 378 g/mol. The van der Waals surface area contributed by atoms with Crippen molar-refractivity contribution in [3.63, 3.8) is 0 Å².